The van der Waals surface area contributed by atoms with Gasteiger partial charge in [-0.3, -0.25) is 4.57 Å². The van der Waals surface area contributed by atoms with Gasteiger partial charge in [-0.05, 0) is 43.3 Å². The number of carbonyl (C=O) groups excluding carboxylic acids is 1. The normalized spacial score (nSPS) is 10.4. The van der Waals surface area contributed by atoms with Crippen molar-refractivity contribution >= 4 is 28.9 Å². The molecule has 2 aromatic carbocycles. The molecule has 9 nitrogen and oxygen atoms in total. The number of hydrogen-bond acceptors (Lipinski definition) is 6. The predicted molar refractivity (Wildman–Crippen MR) is 119 cm³/mol. The van der Waals surface area contributed by atoms with Crippen molar-refractivity contribution in [1.82, 2.24) is 19.5 Å². The molecular weight excluding hydrogens is 394 g/mol. The maximum Gasteiger partial charge on any atom is 0.323 e. The molecule has 9 heteroatoms. The summed E-state index contributed by atoms with van der Waals surface area (Å²) < 4.78 is 6.97. The number of aryl methyl sites for hydroxylation is 1. The predicted octanol–water partition coefficient (Wildman–Crippen LogP) is 4.37. The van der Waals surface area contributed by atoms with Crippen molar-refractivity contribution in [3.05, 3.63) is 79.1 Å². The van der Waals surface area contributed by atoms with E-state index in [4.69, 9.17) is 4.74 Å². The lowest BCUT2D eigenvalue weighted by molar-refractivity contribution is 0.262. The van der Waals surface area contributed by atoms with Crippen molar-refractivity contribution in [2.24, 2.45) is 0 Å². The first-order valence-electron chi connectivity index (χ1n) is 9.52. The summed E-state index contributed by atoms with van der Waals surface area (Å²) in [7, 11) is 1.58. The Labute approximate surface area is 179 Å². The van der Waals surface area contributed by atoms with E-state index in [2.05, 4.69) is 30.9 Å². The monoisotopic (exact) mass is 415 g/mol. The minimum Gasteiger partial charge on any atom is -0.497 e. The summed E-state index contributed by atoms with van der Waals surface area (Å²) >= 11 is 0. The quantitative estimate of drug-likeness (QED) is 0.432. The molecule has 4 rings (SSSR count). The molecule has 0 saturated heterocycles. The van der Waals surface area contributed by atoms with Gasteiger partial charge < -0.3 is 20.7 Å². The maximum absolute atomic E-state index is 12.2. The summed E-state index contributed by atoms with van der Waals surface area (Å²) in [5.74, 6) is 2.69. The van der Waals surface area contributed by atoms with E-state index in [0.717, 1.165) is 11.5 Å². The standard InChI is InChI=1S/C22H21N7O2/c1-15-24-20(13-21(25-15)29-11-10-23-14-29)26-16-6-8-17(9-7-16)27-22(30)28-18-4-3-5-19(12-18)31-2/h3-14H,1-2H3,(H,24,25,26)(H2,27,28,30). The van der Waals surface area contributed by atoms with Crippen LogP contribution in [-0.2, 0) is 0 Å². The van der Waals surface area contributed by atoms with Crippen LogP contribution in [0.3, 0.4) is 0 Å². The van der Waals surface area contributed by atoms with Gasteiger partial charge in [-0.1, -0.05) is 6.07 Å². The van der Waals surface area contributed by atoms with Gasteiger partial charge in [0.25, 0.3) is 0 Å². The summed E-state index contributed by atoms with van der Waals surface area (Å²) in [5.41, 5.74) is 2.13. The molecule has 0 radical (unpaired) electrons. The van der Waals surface area contributed by atoms with Gasteiger partial charge in [0.2, 0.25) is 0 Å². The Morgan fingerprint density at radius 2 is 1.74 bits per heavy atom. The number of urea groups is 1. The molecule has 0 aliphatic carbocycles. The molecule has 0 saturated carbocycles. The molecule has 0 fully saturated rings. The van der Waals surface area contributed by atoms with Crippen LogP contribution in [0.1, 0.15) is 5.82 Å². The van der Waals surface area contributed by atoms with Crippen LogP contribution in [0.4, 0.5) is 27.7 Å². The highest BCUT2D eigenvalue weighted by molar-refractivity contribution is 5.99. The second-order valence-corrected chi connectivity index (χ2v) is 6.64. The third kappa shape index (κ3) is 5.15. The average molecular weight is 415 g/mol. The molecule has 0 atom stereocenters. The van der Waals surface area contributed by atoms with E-state index in [1.807, 2.05) is 48.0 Å². The van der Waals surface area contributed by atoms with E-state index < -0.39 is 0 Å². The molecule has 31 heavy (non-hydrogen) atoms. The Kier molecular flexibility index (Phi) is 5.75. The van der Waals surface area contributed by atoms with E-state index in [1.54, 1.807) is 43.9 Å². The Morgan fingerprint density at radius 1 is 0.968 bits per heavy atom. The van der Waals surface area contributed by atoms with Crippen molar-refractivity contribution in [1.29, 1.82) is 0 Å². The number of ether oxygens (including phenoxy) is 1. The second-order valence-electron chi connectivity index (χ2n) is 6.64. The first kappa shape index (κ1) is 19.9. The third-order valence-electron chi connectivity index (χ3n) is 4.34. The van der Waals surface area contributed by atoms with Gasteiger partial charge in [0.15, 0.2) is 0 Å². The number of anilines is 4. The molecule has 0 aliphatic heterocycles. The second kappa shape index (κ2) is 8.95. The van der Waals surface area contributed by atoms with Crippen LogP contribution in [0.2, 0.25) is 0 Å². The Bertz CT molecular complexity index is 1170. The van der Waals surface area contributed by atoms with E-state index >= 15 is 0 Å². The number of aromatic nitrogens is 4. The topological polar surface area (TPSA) is 106 Å². The Hall–Kier alpha value is -4.40. The molecule has 156 valence electrons. The number of nitrogens with one attached hydrogen (secondary N) is 3. The number of amides is 2. The highest BCUT2D eigenvalue weighted by Gasteiger charge is 2.06. The van der Waals surface area contributed by atoms with Crippen LogP contribution >= 0.6 is 0 Å². The zero-order valence-corrected chi connectivity index (χ0v) is 17.0. The smallest absolute Gasteiger partial charge is 0.323 e. The molecule has 0 bridgehead atoms. The molecule has 0 unspecified atom stereocenters. The van der Waals surface area contributed by atoms with Gasteiger partial charge in [-0.25, -0.2) is 19.7 Å². The van der Waals surface area contributed by atoms with Gasteiger partial charge in [-0.2, -0.15) is 0 Å². The molecule has 2 heterocycles. The number of methoxy groups -OCH3 is 1. The summed E-state index contributed by atoms with van der Waals surface area (Å²) in [6.45, 7) is 1.83. The number of benzene rings is 2. The average Bonchev–Trinajstić information content (AvgIpc) is 3.30. The first-order chi connectivity index (χ1) is 15.1. The molecule has 4 aromatic rings. The number of nitrogens with zero attached hydrogens (tertiary/aromatic N) is 4. The van der Waals surface area contributed by atoms with Gasteiger partial charge in [0.05, 0.1) is 7.11 Å². The number of hydrogen-bond donors (Lipinski definition) is 3. The van der Waals surface area contributed by atoms with Crippen LogP contribution in [0, 0.1) is 6.92 Å². The van der Waals surface area contributed by atoms with Crippen molar-refractivity contribution in [2.45, 2.75) is 6.92 Å². The van der Waals surface area contributed by atoms with E-state index in [1.165, 1.54) is 0 Å². The lowest BCUT2D eigenvalue weighted by Crippen LogP contribution is -2.19. The number of rotatable bonds is 6. The molecule has 0 aliphatic rings. The van der Waals surface area contributed by atoms with Gasteiger partial charge in [0, 0.05) is 41.6 Å². The SMILES string of the molecule is COc1cccc(NC(=O)Nc2ccc(Nc3cc(-n4ccnc4)nc(C)n3)cc2)c1. The fourth-order valence-electron chi connectivity index (χ4n) is 2.92. The zero-order chi connectivity index (χ0) is 21.6. The highest BCUT2D eigenvalue weighted by Crippen LogP contribution is 2.20. The summed E-state index contributed by atoms with van der Waals surface area (Å²) in [4.78, 5) is 25.1. The Balaban J connectivity index is 1.40. The fourth-order valence-corrected chi connectivity index (χ4v) is 2.92. The minimum atomic E-state index is -0.342. The van der Waals surface area contributed by atoms with Gasteiger partial charge >= 0.3 is 6.03 Å². The van der Waals surface area contributed by atoms with Crippen molar-refractivity contribution in [3.8, 4) is 11.6 Å². The van der Waals surface area contributed by atoms with Gasteiger partial charge in [-0.15, -0.1) is 0 Å². The minimum absolute atomic E-state index is 0.342. The number of imidazole rings is 1. The lowest BCUT2D eigenvalue weighted by Gasteiger charge is -2.11. The summed E-state index contributed by atoms with van der Waals surface area (Å²) in [6, 6.07) is 16.0. The van der Waals surface area contributed by atoms with Crippen LogP contribution < -0.4 is 20.7 Å². The van der Waals surface area contributed by atoms with Crippen LogP contribution in [0.5, 0.6) is 5.75 Å². The van der Waals surface area contributed by atoms with Crippen LogP contribution in [0.15, 0.2) is 73.3 Å². The van der Waals surface area contributed by atoms with Crippen LogP contribution in [-0.4, -0.2) is 32.7 Å². The molecule has 2 amide bonds. The first-order valence-corrected chi connectivity index (χ1v) is 9.52. The Morgan fingerprint density at radius 3 is 2.48 bits per heavy atom. The molecular formula is C22H21N7O2. The van der Waals surface area contributed by atoms with Crippen molar-refractivity contribution < 1.29 is 9.53 Å². The lowest BCUT2D eigenvalue weighted by atomic mass is 10.2. The zero-order valence-electron chi connectivity index (χ0n) is 17.0. The maximum atomic E-state index is 12.2. The fraction of sp³-hybridized carbons (Fsp3) is 0.0909. The third-order valence-corrected chi connectivity index (χ3v) is 4.34. The van der Waals surface area contributed by atoms with E-state index in [-0.39, 0.29) is 6.03 Å². The van der Waals surface area contributed by atoms with Crippen molar-refractivity contribution in [2.75, 3.05) is 23.1 Å². The van der Waals surface area contributed by atoms with Crippen molar-refractivity contribution in [3.63, 3.8) is 0 Å². The summed E-state index contributed by atoms with van der Waals surface area (Å²) in [6.07, 6.45) is 5.20. The largest absolute Gasteiger partial charge is 0.497 e. The molecule has 2 aromatic heterocycles. The summed E-state index contributed by atoms with van der Waals surface area (Å²) in [5, 5.41) is 8.83. The molecule has 0 spiro atoms. The molecule has 3 N–H and O–H groups in total. The highest BCUT2D eigenvalue weighted by atomic mass is 16.5. The van der Waals surface area contributed by atoms with E-state index in [9.17, 15) is 4.79 Å². The van der Waals surface area contributed by atoms with Crippen LogP contribution in [0.25, 0.3) is 5.82 Å². The van der Waals surface area contributed by atoms with E-state index in [0.29, 0.717) is 28.8 Å². The number of carbonyl (C=O) groups is 1. The van der Waals surface area contributed by atoms with Gasteiger partial charge in [0.1, 0.15) is 29.5 Å².